The minimum Gasteiger partial charge on any atom is -0.493 e. The highest BCUT2D eigenvalue weighted by Gasteiger charge is 2.37. The Balaban J connectivity index is 1.23. The number of oxazole rings is 1. The number of carbonyl (C=O) groups is 1. The number of halogens is 3. The smallest absolute Gasteiger partial charge is 0.433 e. The van der Waals surface area contributed by atoms with Gasteiger partial charge in [-0.15, -0.1) is 0 Å². The van der Waals surface area contributed by atoms with Crippen molar-refractivity contribution >= 4 is 11.9 Å². The first kappa shape index (κ1) is 28.1. The van der Waals surface area contributed by atoms with Crippen molar-refractivity contribution in [2.45, 2.75) is 32.4 Å². The number of nitrogens with zero attached hydrogens (tertiary/aromatic N) is 4. The van der Waals surface area contributed by atoms with Gasteiger partial charge in [-0.1, -0.05) is 30.3 Å². The molecule has 1 N–H and O–H groups in total. The van der Waals surface area contributed by atoms with Crippen LogP contribution in [0.25, 0.3) is 11.5 Å². The maximum absolute atomic E-state index is 13.2. The number of aromatic nitrogens is 3. The number of carboxylic acids is 1. The second-order valence-corrected chi connectivity index (χ2v) is 10.0. The predicted molar refractivity (Wildman–Crippen MR) is 145 cm³/mol. The number of anilines is 1. The van der Waals surface area contributed by atoms with Crippen LogP contribution in [-0.4, -0.2) is 45.7 Å². The average Bonchev–Trinajstić information content (AvgIpc) is 3.33. The van der Waals surface area contributed by atoms with Crippen molar-refractivity contribution < 1.29 is 32.2 Å². The molecule has 214 valence electrons. The summed E-state index contributed by atoms with van der Waals surface area (Å²) in [5.74, 6) is -0.0565. The number of benzene rings is 2. The summed E-state index contributed by atoms with van der Waals surface area (Å²) in [5, 5.41) is 9.83. The van der Waals surface area contributed by atoms with E-state index in [4.69, 9.17) is 9.15 Å². The van der Waals surface area contributed by atoms with E-state index >= 15 is 0 Å². The molecule has 41 heavy (non-hydrogen) atoms. The summed E-state index contributed by atoms with van der Waals surface area (Å²) in [7, 11) is 0. The van der Waals surface area contributed by atoms with E-state index in [0.717, 1.165) is 34.8 Å². The lowest BCUT2D eigenvalue weighted by Crippen LogP contribution is -2.45. The molecular formula is C30H29F3N4O4. The summed E-state index contributed by atoms with van der Waals surface area (Å²) in [6.45, 7) is 2.71. The second kappa shape index (κ2) is 12.0. The lowest BCUT2D eigenvalue weighted by molar-refractivity contribution is -0.144. The monoisotopic (exact) mass is 566 g/mol. The SMILES string of the molecule is Cc1oc(-c2ccccc2)nc1CCOc1cccc(C[C@@H]2CN(c3nccc(C(F)(F)F)n3)CC[C@@H]2C(=O)O)c1. The van der Waals surface area contributed by atoms with Gasteiger partial charge < -0.3 is 19.2 Å². The molecule has 0 spiro atoms. The lowest BCUT2D eigenvalue weighted by atomic mass is 9.81. The fraction of sp³-hybridized carbons (Fsp3) is 0.333. The molecule has 1 saturated heterocycles. The van der Waals surface area contributed by atoms with E-state index in [2.05, 4.69) is 15.0 Å². The number of alkyl halides is 3. The van der Waals surface area contributed by atoms with Crippen molar-refractivity contribution in [1.29, 1.82) is 0 Å². The number of hydrogen-bond donors (Lipinski definition) is 1. The molecule has 0 aliphatic carbocycles. The molecule has 1 fully saturated rings. The maximum Gasteiger partial charge on any atom is 0.433 e. The van der Waals surface area contributed by atoms with Gasteiger partial charge in [-0.3, -0.25) is 4.79 Å². The van der Waals surface area contributed by atoms with Crippen LogP contribution in [0.4, 0.5) is 19.1 Å². The standard InChI is InChI=1S/C30H29F3N4O4/c1-19-25(35-27(41-19)21-7-3-2-4-8-21)12-15-40-23-9-5-6-20(17-23)16-22-18-37(14-11-24(22)28(38)39)29-34-13-10-26(36-29)30(31,32)33/h2-10,13,17,22,24H,11-12,14-16,18H2,1H3,(H,38,39)/t22-,24+/m1/s1. The quantitative estimate of drug-likeness (QED) is 0.269. The van der Waals surface area contributed by atoms with Gasteiger partial charge in [0.05, 0.1) is 18.2 Å². The van der Waals surface area contributed by atoms with Gasteiger partial charge >= 0.3 is 12.1 Å². The number of aliphatic carboxylic acids is 1. The molecule has 11 heteroatoms. The van der Waals surface area contributed by atoms with Gasteiger partial charge in [0.15, 0.2) is 0 Å². The molecule has 2 atom stereocenters. The largest absolute Gasteiger partial charge is 0.493 e. The molecule has 0 amide bonds. The zero-order chi connectivity index (χ0) is 29.0. The van der Waals surface area contributed by atoms with Gasteiger partial charge in [-0.25, -0.2) is 15.0 Å². The first-order valence-electron chi connectivity index (χ1n) is 13.3. The van der Waals surface area contributed by atoms with E-state index in [0.29, 0.717) is 31.1 Å². The lowest BCUT2D eigenvalue weighted by Gasteiger charge is -2.37. The van der Waals surface area contributed by atoms with Crippen LogP contribution in [0.2, 0.25) is 0 Å². The Bertz CT molecular complexity index is 1490. The highest BCUT2D eigenvalue weighted by Crippen LogP contribution is 2.32. The summed E-state index contributed by atoms with van der Waals surface area (Å²) in [6, 6.07) is 17.9. The summed E-state index contributed by atoms with van der Waals surface area (Å²) in [6.07, 6.45) is -2.28. The molecular weight excluding hydrogens is 537 g/mol. The van der Waals surface area contributed by atoms with E-state index in [1.54, 1.807) is 4.90 Å². The first-order valence-corrected chi connectivity index (χ1v) is 13.3. The molecule has 0 saturated carbocycles. The Labute approximate surface area is 234 Å². The summed E-state index contributed by atoms with van der Waals surface area (Å²) in [4.78, 5) is 25.9. The normalized spacial score (nSPS) is 17.4. The summed E-state index contributed by atoms with van der Waals surface area (Å²) >= 11 is 0. The Morgan fingerprint density at radius 1 is 1.12 bits per heavy atom. The Morgan fingerprint density at radius 2 is 1.93 bits per heavy atom. The van der Waals surface area contributed by atoms with E-state index in [9.17, 15) is 23.1 Å². The van der Waals surface area contributed by atoms with Crippen molar-refractivity contribution in [2.75, 3.05) is 24.6 Å². The molecule has 1 aliphatic rings. The van der Waals surface area contributed by atoms with Crippen LogP contribution in [0, 0.1) is 18.8 Å². The van der Waals surface area contributed by atoms with Crippen LogP contribution in [0.15, 0.2) is 71.3 Å². The highest BCUT2D eigenvalue weighted by atomic mass is 19.4. The highest BCUT2D eigenvalue weighted by molar-refractivity contribution is 5.71. The molecule has 5 rings (SSSR count). The molecule has 4 aromatic rings. The Hall–Kier alpha value is -4.41. The van der Waals surface area contributed by atoms with E-state index in [1.165, 1.54) is 0 Å². The predicted octanol–water partition coefficient (Wildman–Crippen LogP) is 5.85. The van der Waals surface area contributed by atoms with Crippen molar-refractivity contribution in [2.24, 2.45) is 11.8 Å². The molecule has 3 heterocycles. The maximum atomic E-state index is 13.2. The molecule has 0 unspecified atom stereocenters. The zero-order valence-electron chi connectivity index (χ0n) is 22.3. The third-order valence-electron chi connectivity index (χ3n) is 7.18. The number of hydrogen-bond acceptors (Lipinski definition) is 7. The number of aryl methyl sites for hydroxylation is 1. The molecule has 2 aromatic heterocycles. The van der Waals surface area contributed by atoms with Crippen LogP contribution in [0.1, 0.15) is 29.1 Å². The number of rotatable bonds is 9. The Kier molecular flexibility index (Phi) is 8.23. The minimum atomic E-state index is -4.59. The topological polar surface area (TPSA) is 102 Å². The van der Waals surface area contributed by atoms with Gasteiger partial charge in [0.1, 0.15) is 17.2 Å². The third kappa shape index (κ3) is 6.85. The van der Waals surface area contributed by atoms with E-state index in [1.807, 2.05) is 61.5 Å². The molecule has 2 aromatic carbocycles. The number of carboxylic acid groups (broad SMARTS) is 1. The average molecular weight is 567 g/mol. The van der Waals surface area contributed by atoms with Crippen LogP contribution in [0.3, 0.4) is 0 Å². The van der Waals surface area contributed by atoms with Crippen LogP contribution >= 0.6 is 0 Å². The van der Waals surface area contributed by atoms with Crippen LogP contribution in [0.5, 0.6) is 5.75 Å². The van der Waals surface area contributed by atoms with Gasteiger partial charge in [-0.2, -0.15) is 13.2 Å². The summed E-state index contributed by atoms with van der Waals surface area (Å²) < 4.78 is 51.3. The van der Waals surface area contributed by atoms with Gasteiger partial charge in [0, 0.05) is 31.3 Å². The molecule has 0 radical (unpaired) electrons. The van der Waals surface area contributed by atoms with Gasteiger partial charge in [-0.05, 0) is 61.6 Å². The number of piperidine rings is 1. The molecule has 8 nitrogen and oxygen atoms in total. The second-order valence-electron chi connectivity index (χ2n) is 10.0. The fourth-order valence-corrected chi connectivity index (χ4v) is 5.10. The van der Waals surface area contributed by atoms with Gasteiger partial charge in [0.2, 0.25) is 11.8 Å². The molecule has 1 aliphatic heterocycles. The summed E-state index contributed by atoms with van der Waals surface area (Å²) in [5.41, 5.74) is 1.55. The van der Waals surface area contributed by atoms with Crippen molar-refractivity contribution in [3.05, 3.63) is 89.6 Å². The van der Waals surface area contributed by atoms with E-state index < -0.39 is 23.8 Å². The Morgan fingerprint density at radius 3 is 2.68 bits per heavy atom. The van der Waals surface area contributed by atoms with E-state index in [-0.39, 0.29) is 31.4 Å². The van der Waals surface area contributed by atoms with Crippen LogP contribution in [-0.2, 0) is 23.8 Å². The number of ether oxygens (including phenoxy) is 1. The van der Waals surface area contributed by atoms with Crippen molar-refractivity contribution in [1.82, 2.24) is 15.0 Å². The zero-order valence-corrected chi connectivity index (χ0v) is 22.3. The first-order chi connectivity index (χ1) is 19.7. The third-order valence-corrected chi connectivity index (χ3v) is 7.18. The van der Waals surface area contributed by atoms with Crippen molar-refractivity contribution in [3.8, 4) is 17.2 Å². The minimum absolute atomic E-state index is 0.0516. The fourth-order valence-electron chi connectivity index (χ4n) is 5.10. The van der Waals surface area contributed by atoms with Gasteiger partial charge in [0.25, 0.3) is 0 Å². The van der Waals surface area contributed by atoms with Crippen molar-refractivity contribution in [3.63, 3.8) is 0 Å². The van der Waals surface area contributed by atoms with Crippen LogP contribution < -0.4 is 9.64 Å². The molecule has 0 bridgehead atoms.